The fourth-order valence-corrected chi connectivity index (χ4v) is 5.94. The monoisotopic (exact) mass is 542 g/mol. The van der Waals surface area contributed by atoms with Gasteiger partial charge in [-0.1, -0.05) is 17.7 Å². The molecule has 1 unspecified atom stereocenters. The number of alkyl carbamates (subject to hydrolysis) is 1. The molecule has 11 nitrogen and oxygen atoms in total. The Bertz CT molecular complexity index is 1040. The molecular formula is C25H38N2O9S. The van der Waals surface area contributed by atoms with Gasteiger partial charge >= 0.3 is 12.2 Å². The number of benzene rings is 1. The molecule has 0 radical (unpaired) electrons. The van der Waals surface area contributed by atoms with Crippen LogP contribution in [0, 0.1) is 12.3 Å². The highest BCUT2D eigenvalue weighted by molar-refractivity contribution is 7.86. The Kier molecular flexibility index (Phi) is 9.10. The van der Waals surface area contributed by atoms with Crippen molar-refractivity contribution in [2.45, 2.75) is 82.1 Å². The maximum atomic E-state index is 12.6. The van der Waals surface area contributed by atoms with Crippen LogP contribution in [-0.4, -0.2) is 85.9 Å². The van der Waals surface area contributed by atoms with Gasteiger partial charge in [-0.2, -0.15) is 8.42 Å². The van der Waals surface area contributed by atoms with Crippen LogP contribution in [0.25, 0.3) is 0 Å². The predicted octanol–water partition coefficient (Wildman–Crippen LogP) is 2.89. The fourth-order valence-electron chi connectivity index (χ4n) is 5.00. The number of nitrogens with one attached hydrogen (secondary N) is 1. The van der Waals surface area contributed by atoms with E-state index in [4.69, 9.17) is 13.7 Å². The molecule has 1 aliphatic heterocycles. The number of piperidine rings is 1. The molecule has 1 saturated heterocycles. The smallest absolute Gasteiger partial charge is 0.407 e. The van der Waals surface area contributed by atoms with Crippen LogP contribution in [0.3, 0.4) is 0 Å². The molecule has 1 aliphatic carbocycles. The normalized spacial score (nSPS) is 22.6. The Morgan fingerprint density at radius 3 is 2.35 bits per heavy atom. The Balaban J connectivity index is 1.67. The number of aryl methyl sites for hydroxylation is 1. The molecule has 0 bridgehead atoms. The molecule has 12 heteroatoms. The molecule has 208 valence electrons. The molecule has 3 N–H and O–H groups in total. The van der Waals surface area contributed by atoms with Crippen LogP contribution in [0.1, 0.15) is 52.0 Å². The minimum atomic E-state index is -4.03. The van der Waals surface area contributed by atoms with Crippen molar-refractivity contribution >= 4 is 22.3 Å². The van der Waals surface area contributed by atoms with E-state index >= 15 is 0 Å². The van der Waals surface area contributed by atoms with Crippen LogP contribution >= 0.6 is 0 Å². The zero-order chi connectivity index (χ0) is 27.4. The molecule has 37 heavy (non-hydrogen) atoms. The topological polar surface area (TPSA) is 152 Å². The number of aliphatic hydroxyl groups excluding tert-OH is 1. The molecule has 3 rings (SSSR count). The quantitative estimate of drug-likeness (QED) is 0.421. The van der Waals surface area contributed by atoms with Gasteiger partial charge in [-0.05, 0) is 70.9 Å². The Labute approximate surface area is 218 Å². The minimum absolute atomic E-state index is 0.0152. The van der Waals surface area contributed by atoms with Crippen molar-refractivity contribution < 1.29 is 41.9 Å². The first-order chi connectivity index (χ1) is 17.2. The second-order valence-electron chi connectivity index (χ2n) is 10.9. The summed E-state index contributed by atoms with van der Waals surface area (Å²) >= 11 is 0. The number of nitrogens with zero attached hydrogens (tertiary/aromatic N) is 1. The van der Waals surface area contributed by atoms with E-state index < -0.39 is 52.1 Å². The van der Waals surface area contributed by atoms with Crippen molar-refractivity contribution in [1.29, 1.82) is 0 Å². The van der Waals surface area contributed by atoms with Crippen molar-refractivity contribution in [1.82, 2.24) is 10.2 Å². The lowest BCUT2D eigenvalue weighted by Crippen LogP contribution is -2.51. The van der Waals surface area contributed by atoms with E-state index in [2.05, 4.69) is 5.32 Å². The Morgan fingerprint density at radius 1 is 1.19 bits per heavy atom. The first kappa shape index (κ1) is 29.2. The molecule has 1 aromatic carbocycles. The standard InChI is InChI=1S/C25H38N2O9S/c1-17-5-7-20(8-6-17)37(32,33)34-16-19(15-28)35-18-13-21(26-22(29)36-24(2,3)4)25(14-18)9-11-27(12-10-25)23(30)31/h5-8,18-19,21,28H,9-16H2,1-4H3,(H,26,29)(H,30,31)/t18-,19?,21+/m0/s1. The number of carbonyl (C=O) groups excluding carboxylic acids is 1. The largest absolute Gasteiger partial charge is 0.465 e. The van der Waals surface area contributed by atoms with Gasteiger partial charge in [0.25, 0.3) is 10.1 Å². The zero-order valence-electron chi connectivity index (χ0n) is 21.8. The van der Waals surface area contributed by atoms with E-state index in [9.17, 15) is 28.2 Å². The van der Waals surface area contributed by atoms with Gasteiger partial charge in [0.15, 0.2) is 0 Å². The van der Waals surface area contributed by atoms with Crippen LogP contribution in [0.5, 0.6) is 0 Å². The number of hydrogen-bond donors (Lipinski definition) is 3. The van der Waals surface area contributed by atoms with Gasteiger partial charge in [0, 0.05) is 19.1 Å². The van der Waals surface area contributed by atoms with Crippen LogP contribution in [-0.2, 0) is 23.8 Å². The lowest BCUT2D eigenvalue weighted by molar-refractivity contribution is -0.0600. The van der Waals surface area contributed by atoms with Crippen molar-refractivity contribution in [3.05, 3.63) is 29.8 Å². The molecular weight excluding hydrogens is 504 g/mol. The average Bonchev–Trinajstić information content (AvgIpc) is 3.11. The van der Waals surface area contributed by atoms with E-state index in [1.54, 1.807) is 32.9 Å². The molecule has 2 aliphatic rings. The van der Waals surface area contributed by atoms with Gasteiger partial charge in [0.2, 0.25) is 0 Å². The van der Waals surface area contributed by atoms with Gasteiger partial charge in [-0.3, -0.25) is 4.18 Å². The molecule has 1 heterocycles. The minimum Gasteiger partial charge on any atom is -0.465 e. The number of aliphatic hydroxyl groups is 1. The van der Waals surface area contributed by atoms with Crippen molar-refractivity contribution in [2.24, 2.45) is 5.41 Å². The Morgan fingerprint density at radius 2 is 1.81 bits per heavy atom. The van der Waals surface area contributed by atoms with E-state index in [1.807, 2.05) is 6.92 Å². The molecule has 2 fully saturated rings. The third kappa shape index (κ3) is 7.79. The summed E-state index contributed by atoms with van der Waals surface area (Å²) in [6.45, 7) is 6.99. The summed E-state index contributed by atoms with van der Waals surface area (Å²) < 4.78 is 41.8. The molecule has 0 aromatic heterocycles. The van der Waals surface area contributed by atoms with Gasteiger partial charge in [-0.25, -0.2) is 9.59 Å². The third-order valence-electron chi connectivity index (χ3n) is 6.90. The van der Waals surface area contributed by atoms with E-state index in [0.29, 0.717) is 38.8 Å². The number of hydrogen-bond acceptors (Lipinski definition) is 8. The molecule has 3 atom stereocenters. The maximum absolute atomic E-state index is 12.6. The number of carboxylic acid groups (broad SMARTS) is 1. The number of likely N-dealkylation sites (tertiary alicyclic amines) is 1. The van der Waals surface area contributed by atoms with Crippen LogP contribution < -0.4 is 5.32 Å². The van der Waals surface area contributed by atoms with Gasteiger partial charge < -0.3 is 29.9 Å². The molecule has 1 aromatic rings. The fraction of sp³-hybridized carbons (Fsp3) is 0.680. The van der Waals surface area contributed by atoms with Crippen molar-refractivity contribution in [2.75, 3.05) is 26.3 Å². The van der Waals surface area contributed by atoms with Gasteiger partial charge in [-0.15, -0.1) is 0 Å². The maximum Gasteiger partial charge on any atom is 0.407 e. The third-order valence-corrected chi connectivity index (χ3v) is 8.20. The lowest BCUT2D eigenvalue weighted by atomic mass is 9.74. The first-order valence-electron chi connectivity index (χ1n) is 12.4. The summed E-state index contributed by atoms with van der Waals surface area (Å²) in [5, 5.41) is 22.2. The molecule has 2 amide bonds. The average molecular weight is 543 g/mol. The summed E-state index contributed by atoms with van der Waals surface area (Å²) in [6, 6.07) is 5.91. The summed E-state index contributed by atoms with van der Waals surface area (Å²) in [7, 11) is -4.03. The predicted molar refractivity (Wildman–Crippen MR) is 134 cm³/mol. The lowest BCUT2D eigenvalue weighted by Gasteiger charge is -2.42. The van der Waals surface area contributed by atoms with E-state index in [-0.39, 0.29) is 17.5 Å². The number of carbonyl (C=O) groups is 2. The molecule has 1 spiro atoms. The van der Waals surface area contributed by atoms with E-state index in [1.165, 1.54) is 17.0 Å². The van der Waals surface area contributed by atoms with Crippen molar-refractivity contribution in [3.8, 4) is 0 Å². The van der Waals surface area contributed by atoms with Gasteiger partial charge in [0.05, 0.1) is 24.2 Å². The van der Waals surface area contributed by atoms with E-state index in [0.717, 1.165) is 5.56 Å². The van der Waals surface area contributed by atoms with Crippen molar-refractivity contribution in [3.63, 3.8) is 0 Å². The summed E-state index contributed by atoms with van der Waals surface area (Å²) in [6.07, 6.45) is -0.867. The summed E-state index contributed by atoms with van der Waals surface area (Å²) in [5.74, 6) is 0. The summed E-state index contributed by atoms with van der Waals surface area (Å²) in [4.78, 5) is 25.3. The second kappa shape index (κ2) is 11.5. The summed E-state index contributed by atoms with van der Waals surface area (Å²) in [5.41, 5.74) is -0.183. The number of ether oxygens (including phenoxy) is 2. The van der Waals surface area contributed by atoms with Gasteiger partial charge in [0.1, 0.15) is 11.7 Å². The Hall–Kier alpha value is -2.41. The van der Waals surface area contributed by atoms with Crippen LogP contribution in [0.2, 0.25) is 0 Å². The highest BCUT2D eigenvalue weighted by Crippen LogP contribution is 2.48. The second-order valence-corrected chi connectivity index (χ2v) is 12.5. The van der Waals surface area contributed by atoms with Crippen LogP contribution in [0.15, 0.2) is 29.2 Å². The zero-order valence-corrected chi connectivity index (χ0v) is 22.6. The number of amides is 2. The first-order valence-corrected chi connectivity index (χ1v) is 13.8. The highest BCUT2D eigenvalue weighted by atomic mass is 32.2. The SMILES string of the molecule is Cc1ccc(S(=O)(=O)OCC(CO)O[C@H]2C[C@@H](NC(=O)OC(C)(C)C)C3(CCN(C(=O)O)CC3)C2)cc1. The highest BCUT2D eigenvalue weighted by Gasteiger charge is 2.51. The molecule has 1 saturated carbocycles. The number of rotatable bonds is 8. The van der Waals surface area contributed by atoms with Crippen LogP contribution in [0.4, 0.5) is 9.59 Å².